The average Bonchev–Trinajstić information content (AvgIpc) is 2.20. The maximum absolute atomic E-state index is 10.4. The zero-order valence-corrected chi connectivity index (χ0v) is 8.17. The Morgan fingerprint density at radius 1 is 1.73 bits per heavy atom. The van der Waals surface area contributed by atoms with Crippen molar-refractivity contribution in [1.82, 2.24) is 4.98 Å². The molecule has 0 bridgehead atoms. The van der Waals surface area contributed by atoms with E-state index in [1.807, 2.05) is 6.07 Å². The number of nitro groups is 1. The second-order valence-corrected chi connectivity index (χ2v) is 2.92. The summed E-state index contributed by atoms with van der Waals surface area (Å²) in [5.74, 6) is 0. The number of aromatic nitrogens is 1. The van der Waals surface area contributed by atoms with Crippen LogP contribution in [-0.2, 0) is 0 Å². The van der Waals surface area contributed by atoms with Crippen molar-refractivity contribution < 1.29 is 4.92 Å². The number of hydrogen-bond acceptors (Lipinski definition) is 4. The van der Waals surface area contributed by atoms with Crippen molar-refractivity contribution >= 4 is 11.8 Å². The van der Waals surface area contributed by atoms with E-state index >= 15 is 0 Å². The zero-order chi connectivity index (χ0) is 11.3. The number of nitriles is 1. The summed E-state index contributed by atoms with van der Waals surface area (Å²) in [6.45, 7) is 1.74. The van der Waals surface area contributed by atoms with Gasteiger partial charge in [0.25, 0.3) is 5.69 Å². The molecular weight excluding hydrogens is 194 g/mol. The minimum absolute atomic E-state index is 0.0232. The molecule has 0 atom stereocenters. The van der Waals surface area contributed by atoms with E-state index in [9.17, 15) is 10.1 Å². The molecule has 5 nitrogen and oxygen atoms in total. The molecule has 0 aromatic carbocycles. The second-order valence-electron chi connectivity index (χ2n) is 2.92. The molecule has 0 saturated heterocycles. The van der Waals surface area contributed by atoms with Gasteiger partial charge in [-0.15, -0.1) is 0 Å². The maximum atomic E-state index is 10.4. The molecule has 0 radical (unpaired) electrons. The van der Waals surface area contributed by atoms with Gasteiger partial charge in [-0.25, -0.2) is 4.98 Å². The summed E-state index contributed by atoms with van der Waals surface area (Å²) in [6.07, 6.45) is 4.86. The van der Waals surface area contributed by atoms with Gasteiger partial charge in [-0.05, 0) is 18.6 Å². The Morgan fingerprint density at radius 3 is 3.00 bits per heavy atom. The third-order valence-electron chi connectivity index (χ3n) is 1.80. The fourth-order valence-electron chi connectivity index (χ4n) is 1.07. The largest absolute Gasteiger partial charge is 0.287 e. The van der Waals surface area contributed by atoms with Crippen molar-refractivity contribution in [3.05, 3.63) is 39.7 Å². The van der Waals surface area contributed by atoms with Crippen molar-refractivity contribution in [3.8, 4) is 6.07 Å². The Bertz CT molecular complexity index is 446. The lowest BCUT2D eigenvalue weighted by molar-refractivity contribution is -0.385. The third kappa shape index (κ3) is 2.88. The molecule has 0 aliphatic carbocycles. The average molecular weight is 203 g/mol. The van der Waals surface area contributed by atoms with Crippen molar-refractivity contribution in [3.63, 3.8) is 0 Å². The van der Waals surface area contributed by atoms with E-state index in [1.54, 1.807) is 19.1 Å². The molecule has 0 spiro atoms. The van der Waals surface area contributed by atoms with E-state index in [4.69, 9.17) is 5.26 Å². The van der Waals surface area contributed by atoms with Gasteiger partial charge in [0.1, 0.15) is 6.20 Å². The van der Waals surface area contributed by atoms with Crippen LogP contribution in [0.1, 0.15) is 17.7 Å². The first-order valence-electron chi connectivity index (χ1n) is 4.29. The number of aryl methyl sites for hydroxylation is 1. The Labute approximate surface area is 86.8 Å². The minimum Gasteiger partial charge on any atom is -0.258 e. The lowest BCUT2D eigenvalue weighted by Crippen LogP contribution is -1.93. The normalized spacial score (nSPS) is 10.1. The van der Waals surface area contributed by atoms with Crippen LogP contribution in [0.2, 0.25) is 0 Å². The molecule has 0 unspecified atom stereocenters. The molecule has 0 N–H and O–H groups in total. The SMILES string of the molecule is Cc1cc([N+](=O)[O-])cnc1C=CCC#N. The molecule has 0 saturated carbocycles. The van der Waals surface area contributed by atoms with E-state index in [0.29, 0.717) is 12.1 Å². The molecule has 5 heteroatoms. The smallest absolute Gasteiger partial charge is 0.258 e. The van der Waals surface area contributed by atoms with Crippen LogP contribution in [0.3, 0.4) is 0 Å². The Balaban J connectivity index is 2.94. The van der Waals surface area contributed by atoms with Gasteiger partial charge in [0.2, 0.25) is 0 Å². The molecule has 0 aliphatic heterocycles. The fraction of sp³-hybridized carbons (Fsp3) is 0.200. The van der Waals surface area contributed by atoms with Crippen LogP contribution < -0.4 is 0 Å². The molecule has 15 heavy (non-hydrogen) atoms. The van der Waals surface area contributed by atoms with Crippen molar-refractivity contribution in [2.75, 3.05) is 0 Å². The third-order valence-corrected chi connectivity index (χ3v) is 1.80. The quantitative estimate of drug-likeness (QED) is 0.557. The molecular formula is C10H9N3O2. The second kappa shape index (κ2) is 4.86. The number of hydrogen-bond donors (Lipinski definition) is 0. The van der Waals surface area contributed by atoms with Gasteiger partial charge in [0.15, 0.2) is 0 Å². The van der Waals surface area contributed by atoms with Crippen molar-refractivity contribution in [2.45, 2.75) is 13.3 Å². The summed E-state index contributed by atoms with van der Waals surface area (Å²) in [6, 6.07) is 3.42. The fourth-order valence-corrected chi connectivity index (χ4v) is 1.07. The van der Waals surface area contributed by atoms with Crippen LogP contribution in [0.5, 0.6) is 0 Å². The minimum atomic E-state index is -0.483. The molecule has 1 aromatic rings. The van der Waals surface area contributed by atoms with E-state index < -0.39 is 4.92 Å². The van der Waals surface area contributed by atoms with Gasteiger partial charge in [-0.3, -0.25) is 10.1 Å². The van der Waals surface area contributed by atoms with E-state index in [-0.39, 0.29) is 5.69 Å². The van der Waals surface area contributed by atoms with E-state index in [2.05, 4.69) is 4.98 Å². The summed E-state index contributed by atoms with van der Waals surface area (Å²) in [5.41, 5.74) is 1.35. The van der Waals surface area contributed by atoms with Crippen molar-refractivity contribution in [1.29, 1.82) is 5.26 Å². The van der Waals surface area contributed by atoms with Gasteiger partial charge in [0.05, 0.1) is 23.1 Å². The highest BCUT2D eigenvalue weighted by molar-refractivity contribution is 5.51. The van der Waals surface area contributed by atoms with Crippen molar-refractivity contribution in [2.24, 2.45) is 0 Å². The van der Waals surface area contributed by atoms with Gasteiger partial charge >= 0.3 is 0 Å². The van der Waals surface area contributed by atoms with E-state index in [1.165, 1.54) is 12.3 Å². The first-order chi connectivity index (χ1) is 7.15. The van der Waals surface area contributed by atoms with Crippen LogP contribution in [0.25, 0.3) is 6.08 Å². The topological polar surface area (TPSA) is 79.8 Å². The monoisotopic (exact) mass is 203 g/mol. The van der Waals surface area contributed by atoms with Crippen LogP contribution in [0.4, 0.5) is 5.69 Å². The van der Waals surface area contributed by atoms with E-state index in [0.717, 1.165) is 5.56 Å². The standard InChI is InChI=1S/C10H9N3O2/c1-8-6-9(13(14)15)7-12-10(8)4-2-3-5-11/h2,4,6-7H,3H2,1H3. The summed E-state index contributed by atoms with van der Waals surface area (Å²) < 4.78 is 0. The Kier molecular flexibility index (Phi) is 3.52. The van der Waals surface area contributed by atoms with Gasteiger partial charge in [-0.2, -0.15) is 5.26 Å². The molecule has 1 rings (SSSR count). The highest BCUT2D eigenvalue weighted by atomic mass is 16.6. The molecule has 0 aliphatic rings. The summed E-state index contributed by atoms with van der Waals surface area (Å²) in [5, 5.41) is 18.7. The lowest BCUT2D eigenvalue weighted by atomic mass is 10.2. The highest BCUT2D eigenvalue weighted by Crippen LogP contribution is 2.15. The summed E-state index contributed by atoms with van der Waals surface area (Å²) in [4.78, 5) is 13.9. The first-order valence-corrected chi connectivity index (χ1v) is 4.29. The van der Waals surface area contributed by atoms with Gasteiger partial charge in [0, 0.05) is 6.07 Å². The predicted molar refractivity (Wildman–Crippen MR) is 54.9 cm³/mol. The Hall–Kier alpha value is -2.22. The number of allylic oxidation sites excluding steroid dienone is 1. The first kappa shape index (κ1) is 10.9. The molecule has 76 valence electrons. The molecule has 1 heterocycles. The molecule has 1 aromatic heterocycles. The number of rotatable bonds is 3. The maximum Gasteiger partial charge on any atom is 0.287 e. The van der Waals surface area contributed by atoms with Crippen LogP contribution in [-0.4, -0.2) is 9.91 Å². The van der Waals surface area contributed by atoms with Crippen LogP contribution >= 0.6 is 0 Å². The van der Waals surface area contributed by atoms with Crippen LogP contribution in [0, 0.1) is 28.4 Å². The van der Waals surface area contributed by atoms with Crippen LogP contribution in [0.15, 0.2) is 18.3 Å². The Morgan fingerprint density at radius 2 is 2.47 bits per heavy atom. The molecule has 0 amide bonds. The summed E-state index contributed by atoms with van der Waals surface area (Å²) >= 11 is 0. The number of nitrogens with zero attached hydrogens (tertiary/aromatic N) is 3. The molecule has 0 fully saturated rings. The highest BCUT2D eigenvalue weighted by Gasteiger charge is 2.07. The van der Waals surface area contributed by atoms with Gasteiger partial charge in [-0.1, -0.05) is 6.08 Å². The van der Waals surface area contributed by atoms with Gasteiger partial charge < -0.3 is 0 Å². The predicted octanol–water partition coefficient (Wildman–Crippen LogP) is 2.23. The number of pyridine rings is 1. The zero-order valence-electron chi connectivity index (χ0n) is 8.17. The lowest BCUT2D eigenvalue weighted by Gasteiger charge is -1.98. The summed E-state index contributed by atoms with van der Waals surface area (Å²) in [7, 11) is 0.